The molecule has 2 aliphatic rings. The first kappa shape index (κ1) is 16.3. The number of likely N-dealkylation sites (tertiary alicyclic amines) is 1. The maximum atomic E-state index is 6.13. The Hall–Kier alpha value is -2.20. The number of ether oxygens (including phenoxy) is 3. The smallest absolute Gasteiger partial charge is 0.167 e. The highest BCUT2D eigenvalue weighted by Crippen LogP contribution is 2.49. The lowest BCUT2D eigenvalue weighted by molar-refractivity contribution is 0.202. The van der Waals surface area contributed by atoms with Crippen LogP contribution in [0.3, 0.4) is 0 Å². The molecule has 0 bridgehead atoms. The molecule has 132 valence electrons. The van der Waals surface area contributed by atoms with Gasteiger partial charge in [-0.15, -0.1) is 0 Å². The summed E-state index contributed by atoms with van der Waals surface area (Å²) in [5, 5.41) is 0. The maximum absolute atomic E-state index is 6.13. The number of nitrogens with zero attached hydrogens (tertiary/aromatic N) is 1. The maximum Gasteiger partial charge on any atom is 0.167 e. The molecule has 0 N–H and O–H groups in total. The first-order valence-electron chi connectivity index (χ1n) is 8.85. The van der Waals surface area contributed by atoms with E-state index >= 15 is 0 Å². The Kier molecular flexibility index (Phi) is 4.30. The van der Waals surface area contributed by atoms with Crippen molar-refractivity contribution in [1.29, 1.82) is 0 Å². The van der Waals surface area contributed by atoms with Crippen LogP contribution >= 0.6 is 0 Å². The van der Waals surface area contributed by atoms with Crippen LogP contribution in [0.5, 0.6) is 17.2 Å². The van der Waals surface area contributed by atoms with E-state index in [2.05, 4.69) is 41.3 Å². The third-order valence-electron chi connectivity index (χ3n) is 5.50. The predicted molar refractivity (Wildman–Crippen MR) is 97.7 cm³/mol. The normalized spacial score (nSPS) is 22.0. The van der Waals surface area contributed by atoms with Gasteiger partial charge >= 0.3 is 0 Å². The minimum Gasteiger partial charge on any atom is -0.496 e. The molecule has 1 fully saturated rings. The van der Waals surface area contributed by atoms with Gasteiger partial charge in [0.15, 0.2) is 11.5 Å². The molecule has 0 saturated carbocycles. The summed E-state index contributed by atoms with van der Waals surface area (Å²) in [6, 6.07) is 12.8. The largest absolute Gasteiger partial charge is 0.496 e. The molecule has 1 saturated heterocycles. The van der Waals surface area contributed by atoms with Crippen LogP contribution in [-0.4, -0.2) is 38.8 Å². The van der Waals surface area contributed by atoms with Crippen molar-refractivity contribution in [3.63, 3.8) is 0 Å². The summed E-state index contributed by atoms with van der Waals surface area (Å²) < 4.78 is 17.3. The zero-order valence-corrected chi connectivity index (χ0v) is 15.1. The van der Waals surface area contributed by atoms with Gasteiger partial charge in [-0.1, -0.05) is 30.3 Å². The van der Waals surface area contributed by atoms with E-state index in [4.69, 9.17) is 14.2 Å². The molecule has 0 spiro atoms. The molecule has 0 aliphatic carbocycles. The van der Waals surface area contributed by atoms with E-state index in [-0.39, 0.29) is 0 Å². The van der Waals surface area contributed by atoms with Gasteiger partial charge in [-0.2, -0.15) is 0 Å². The second-order valence-corrected chi connectivity index (χ2v) is 7.01. The lowest BCUT2D eigenvalue weighted by Gasteiger charge is -2.30. The Morgan fingerprint density at radius 1 is 1.12 bits per heavy atom. The molecule has 2 aliphatic heterocycles. The highest BCUT2D eigenvalue weighted by Gasteiger charge is 2.40. The number of hydrogen-bond donors (Lipinski definition) is 0. The monoisotopic (exact) mass is 339 g/mol. The average molecular weight is 339 g/mol. The van der Waals surface area contributed by atoms with Crippen molar-refractivity contribution in [3.05, 3.63) is 53.1 Å². The first-order valence-corrected chi connectivity index (χ1v) is 8.85. The summed E-state index contributed by atoms with van der Waals surface area (Å²) in [5.41, 5.74) is 3.59. The average Bonchev–Trinajstić information content (AvgIpc) is 3.04. The molecule has 0 aromatic heterocycles. The summed E-state index contributed by atoms with van der Waals surface area (Å²) in [6.07, 6.45) is 0. The van der Waals surface area contributed by atoms with Crippen molar-refractivity contribution in [3.8, 4) is 17.2 Å². The van der Waals surface area contributed by atoms with Gasteiger partial charge in [0.1, 0.15) is 5.75 Å². The van der Waals surface area contributed by atoms with Crippen LogP contribution in [0, 0.1) is 12.8 Å². The Morgan fingerprint density at radius 2 is 1.92 bits per heavy atom. The molecule has 25 heavy (non-hydrogen) atoms. The SMILES string of the molecule is COc1cc2c(c(OC)c1C)OCC1CN(Cc3ccccc3)CC21. The highest BCUT2D eigenvalue weighted by molar-refractivity contribution is 5.60. The van der Waals surface area contributed by atoms with Crippen molar-refractivity contribution in [2.45, 2.75) is 19.4 Å². The van der Waals surface area contributed by atoms with Gasteiger partial charge in [-0.25, -0.2) is 0 Å². The number of rotatable bonds is 4. The summed E-state index contributed by atoms with van der Waals surface area (Å²) in [7, 11) is 3.42. The molecule has 2 aromatic rings. The molecule has 2 aromatic carbocycles. The summed E-state index contributed by atoms with van der Waals surface area (Å²) in [4.78, 5) is 2.53. The van der Waals surface area contributed by atoms with Crippen LogP contribution < -0.4 is 14.2 Å². The number of hydrogen-bond acceptors (Lipinski definition) is 4. The van der Waals surface area contributed by atoms with Gasteiger partial charge < -0.3 is 14.2 Å². The topological polar surface area (TPSA) is 30.9 Å². The minimum atomic E-state index is 0.468. The first-order chi connectivity index (χ1) is 12.2. The fourth-order valence-electron chi connectivity index (χ4n) is 4.25. The molecule has 0 amide bonds. The van der Waals surface area contributed by atoms with Crippen LogP contribution in [0.2, 0.25) is 0 Å². The third kappa shape index (κ3) is 2.85. The predicted octanol–water partition coefficient (Wildman–Crippen LogP) is 3.62. The van der Waals surface area contributed by atoms with Crippen LogP contribution in [-0.2, 0) is 6.54 Å². The molecule has 2 atom stereocenters. The van der Waals surface area contributed by atoms with Crippen LogP contribution in [0.15, 0.2) is 36.4 Å². The molecular formula is C21H25NO3. The molecule has 4 heteroatoms. The Labute approximate surface area is 149 Å². The van der Waals surface area contributed by atoms with Crippen LogP contribution in [0.4, 0.5) is 0 Å². The van der Waals surface area contributed by atoms with Gasteiger partial charge in [-0.05, 0) is 18.6 Å². The van der Waals surface area contributed by atoms with Gasteiger partial charge in [0.05, 0.1) is 20.8 Å². The Balaban J connectivity index is 1.63. The third-order valence-corrected chi connectivity index (χ3v) is 5.50. The fourth-order valence-corrected chi connectivity index (χ4v) is 4.25. The lowest BCUT2D eigenvalue weighted by atomic mass is 9.86. The van der Waals surface area contributed by atoms with Gasteiger partial charge in [0.25, 0.3) is 0 Å². The van der Waals surface area contributed by atoms with E-state index in [1.807, 2.05) is 6.92 Å². The summed E-state index contributed by atoms with van der Waals surface area (Å²) in [5.74, 6) is 3.59. The van der Waals surface area contributed by atoms with E-state index in [1.165, 1.54) is 11.1 Å². The van der Waals surface area contributed by atoms with Gasteiger partial charge in [0, 0.05) is 42.6 Å². The molecule has 4 rings (SSSR count). The van der Waals surface area contributed by atoms with Gasteiger partial charge in [0.2, 0.25) is 0 Å². The lowest BCUT2D eigenvalue weighted by Crippen LogP contribution is -2.25. The minimum absolute atomic E-state index is 0.468. The van der Waals surface area contributed by atoms with Crippen molar-refractivity contribution in [1.82, 2.24) is 4.90 Å². The standard InChI is InChI=1S/C21H25NO3/c1-14-19(23-2)9-17-18-12-22(10-15-7-5-4-6-8-15)11-16(18)13-25-21(17)20(14)24-3/h4-9,16,18H,10-13H2,1-3H3. The van der Waals surface area contributed by atoms with E-state index < -0.39 is 0 Å². The molecule has 4 nitrogen and oxygen atoms in total. The number of methoxy groups -OCH3 is 2. The molecular weight excluding hydrogens is 314 g/mol. The Morgan fingerprint density at radius 3 is 2.64 bits per heavy atom. The van der Waals surface area contributed by atoms with Crippen molar-refractivity contribution in [2.24, 2.45) is 5.92 Å². The number of benzene rings is 2. The molecule has 0 radical (unpaired) electrons. The zero-order chi connectivity index (χ0) is 17.4. The molecule has 2 unspecified atom stereocenters. The van der Waals surface area contributed by atoms with Crippen LogP contribution in [0.25, 0.3) is 0 Å². The number of fused-ring (bicyclic) bond motifs is 3. The summed E-state index contributed by atoms with van der Waals surface area (Å²) >= 11 is 0. The van der Waals surface area contributed by atoms with E-state index in [0.29, 0.717) is 11.8 Å². The van der Waals surface area contributed by atoms with E-state index in [1.54, 1.807) is 14.2 Å². The van der Waals surface area contributed by atoms with Crippen LogP contribution in [0.1, 0.15) is 22.6 Å². The van der Waals surface area contributed by atoms with Crippen molar-refractivity contribution >= 4 is 0 Å². The van der Waals surface area contributed by atoms with Crippen molar-refractivity contribution in [2.75, 3.05) is 33.9 Å². The van der Waals surface area contributed by atoms with E-state index in [0.717, 1.165) is 49.1 Å². The van der Waals surface area contributed by atoms with Gasteiger partial charge in [-0.3, -0.25) is 4.90 Å². The zero-order valence-electron chi connectivity index (χ0n) is 15.1. The summed E-state index contributed by atoms with van der Waals surface area (Å²) in [6.45, 7) is 5.88. The second-order valence-electron chi connectivity index (χ2n) is 7.01. The fraction of sp³-hybridized carbons (Fsp3) is 0.429. The van der Waals surface area contributed by atoms with Crippen molar-refractivity contribution < 1.29 is 14.2 Å². The second kappa shape index (κ2) is 6.60. The molecule has 2 heterocycles. The highest BCUT2D eigenvalue weighted by atomic mass is 16.5. The Bertz CT molecular complexity index is 759. The quantitative estimate of drug-likeness (QED) is 0.851. The van der Waals surface area contributed by atoms with E-state index in [9.17, 15) is 0 Å².